The standard InChI is InChI=1S/C13H17F3N4O4S/c14-13(15,16)8-19-4-3-9(7-19)6-18-11-2-1-10(20(21)22)5-12(11)25(17,23)24/h1-2,5,9,18H,3-4,6-8H2,(H2,17,23,24). The Morgan fingerprint density at radius 2 is 2.08 bits per heavy atom. The number of nitro benzene ring substituents is 1. The lowest BCUT2D eigenvalue weighted by Gasteiger charge is -2.18. The van der Waals surface area contributed by atoms with E-state index >= 15 is 0 Å². The molecule has 0 saturated carbocycles. The topological polar surface area (TPSA) is 119 Å². The van der Waals surface area contributed by atoms with Crippen molar-refractivity contribution in [3.8, 4) is 0 Å². The lowest BCUT2D eigenvalue weighted by molar-refractivity contribution is -0.385. The Morgan fingerprint density at radius 3 is 2.64 bits per heavy atom. The molecule has 140 valence electrons. The number of benzene rings is 1. The van der Waals surface area contributed by atoms with Gasteiger partial charge in [0, 0.05) is 25.2 Å². The zero-order chi connectivity index (χ0) is 18.8. The molecule has 1 aliphatic rings. The van der Waals surface area contributed by atoms with Crippen molar-refractivity contribution in [3.05, 3.63) is 28.3 Å². The van der Waals surface area contributed by atoms with Crippen LogP contribution in [0.2, 0.25) is 0 Å². The lowest BCUT2D eigenvalue weighted by Crippen LogP contribution is -2.33. The number of likely N-dealkylation sites (tertiary alicyclic amines) is 1. The van der Waals surface area contributed by atoms with E-state index in [1.165, 1.54) is 11.0 Å². The van der Waals surface area contributed by atoms with Crippen LogP contribution in [0.25, 0.3) is 0 Å². The van der Waals surface area contributed by atoms with E-state index < -0.39 is 38.3 Å². The fraction of sp³-hybridized carbons (Fsp3) is 0.538. The molecule has 1 atom stereocenters. The highest BCUT2D eigenvalue weighted by molar-refractivity contribution is 7.89. The number of rotatable bonds is 6. The van der Waals surface area contributed by atoms with Crippen molar-refractivity contribution in [3.63, 3.8) is 0 Å². The van der Waals surface area contributed by atoms with Gasteiger partial charge < -0.3 is 5.32 Å². The average Bonchev–Trinajstić information content (AvgIpc) is 2.89. The number of sulfonamides is 1. The first-order valence-electron chi connectivity index (χ1n) is 7.30. The van der Waals surface area contributed by atoms with E-state index in [9.17, 15) is 31.7 Å². The number of halogens is 3. The first-order chi connectivity index (χ1) is 11.5. The summed E-state index contributed by atoms with van der Waals surface area (Å²) in [5, 5.41) is 18.7. The van der Waals surface area contributed by atoms with Gasteiger partial charge in [0.25, 0.3) is 5.69 Å². The van der Waals surface area contributed by atoms with Gasteiger partial charge in [0.15, 0.2) is 0 Å². The number of nitrogens with one attached hydrogen (secondary N) is 1. The number of nitrogens with zero attached hydrogens (tertiary/aromatic N) is 2. The number of nitrogens with two attached hydrogens (primary N) is 1. The molecule has 1 unspecified atom stereocenters. The fourth-order valence-electron chi connectivity index (χ4n) is 2.74. The van der Waals surface area contributed by atoms with Crippen LogP contribution in [-0.4, -0.2) is 50.6 Å². The molecule has 1 fully saturated rings. The summed E-state index contributed by atoms with van der Waals surface area (Å²) in [6.07, 6.45) is -3.73. The van der Waals surface area contributed by atoms with Gasteiger partial charge in [-0.25, -0.2) is 13.6 Å². The Morgan fingerprint density at radius 1 is 1.40 bits per heavy atom. The van der Waals surface area contributed by atoms with Crippen LogP contribution in [0.5, 0.6) is 0 Å². The van der Waals surface area contributed by atoms with Gasteiger partial charge in [0.05, 0.1) is 17.2 Å². The summed E-state index contributed by atoms with van der Waals surface area (Å²) in [4.78, 5) is 10.9. The third-order valence-electron chi connectivity index (χ3n) is 3.84. The molecule has 0 radical (unpaired) electrons. The zero-order valence-corrected chi connectivity index (χ0v) is 13.8. The molecule has 0 spiro atoms. The molecule has 0 amide bonds. The van der Waals surface area contributed by atoms with Crippen LogP contribution in [-0.2, 0) is 10.0 Å². The summed E-state index contributed by atoms with van der Waals surface area (Å²) in [6, 6.07) is 3.20. The molecule has 1 aromatic carbocycles. The third kappa shape index (κ3) is 5.54. The maximum Gasteiger partial charge on any atom is 0.401 e. The number of anilines is 1. The molecule has 25 heavy (non-hydrogen) atoms. The maximum absolute atomic E-state index is 12.4. The summed E-state index contributed by atoms with van der Waals surface area (Å²) >= 11 is 0. The molecule has 8 nitrogen and oxygen atoms in total. The van der Waals surface area contributed by atoms with Gasteiger partial charge in [0.2, 0.25) is 10.0 Å². The molecule has 0 aromatic heterocycles. The van der Waals surface area contributed by atoms with Gasteiger partial charge in [0.1, 0.15) is 4.90 Å². The minimum Gasteiger partial charge on any atom is -0.384 e. The number of primary sulfonamides is 1. The second-order valence-electron chi connectivity index (χ2n) is 5.87. The summed E-state index contributed by atoms with van der Waals surface area (Å²) in [7, 11) is -4.20. The first-order valence-corrected chi connectivity index (χ1v) is 8.84. The number of hydrogen-bond acceptors (Lipinski definition) is 6. The molecule has 0 bridgehead atoms. The van der Waals surface area contributed by atoms with Crippen molar-refractivity contribution in [1.82, 2.24) is 4.90 Å². The highest BCUT2D eigenvalue weighted by atomic mass is 32.2. The number of non-ortho nitro benzene ring substituents is 1. The summed E-state index contributed by atoms with van der Waals surface area (Å²) in [5.74, 6) is -0.106. The van der Waals surface area contributed by atoms with Crippen molar-refractivity contribution in [2.24, 2.45) is 11.1 Å². The molecular weight excluding hydrogens is 365 g/mol. The lowest BCUT2D eigenvalue weighted by atomic mass is 10.1. The van der Waals surface area contributed by atoms with Gasteiger partial charge >= 0.3 is 6.18 Å². The summed E-state index contributed by atoms with van der Waals surface area (Å²) in [5.41, 5.74) is -0.339. The molecule has 3 N–H and O–H groups in total. The van der Waals surface area contributed by atoms with E-state index in [1.54, 1.807) is 0 Å². The van der Waals surface area contributed by atoms with E-state index in [-0.39, 0.29) is 24.7 Å². The van der Waals surface area contributed by atoms with E-state index in [0.29, 0.717) is 13.0 Å². The smallest absolute Gasteiger partial charge is 0.384 e. The zero-order valence-electron chi connectivity index (χ0n) is 13.0. The van der Waals surface area contributed by atoms with Crippen LogP contribution in [0, 0.1) is 16.0 Å². The Labute approximate surface area is 142 Å². The predicted molar refractivity (Wildman–Crippen MR) is 83.6 cm³/mol. The minimum atomic E-state index is -4.26. The molecule has 1 aromatic rings. The summed E-state index contributed by atoms with van der Waals surface area (Å²) in [6.45, 7) is -0.226. The monoisotopic (exact) mass is 382 g/mol. The molecule has 2 rings (SSSR count). The van der Waals surface area contributed by atoms with Crippen molar-refractivity contribution < 1.29 is 26.5 Å². The largest absolute Gasteiger partial charge is 0.401 e. The van der Waals surface area contributed by atoms with Crippen LogP contribution in [0.4, 0.5) is 24.5 Å². The Kier molecular flexibility index (Phi) is 5.54. The average molecular weight is 382 g/mol. The Balaban J connectivity index is 2.05. The second kappa shape index (κ2) is 7.14. The quantitative estimate of drug-likeness (QED) is 0.569. The second-order valence-corrected chi connectivity index (χ2v) is 7.40. The number of hydrogen-bond donors (Lipinski definition) is 2. The molecule has 1 saturated heterocycles. The van der Waals surface area contributed by atoms with E-state index in [4.69, 9.17) is 5.14 Å². The maximum atomic E-state index is 12.4. The van der Waals surface area contributed by atoms with Crippen LogP contribution < -0.4 is 10.5 Å². The van der Waals surface area contributed by atoms with Gasteiger partial charge in [-0.15, -0.1) is 0 Å². The SMILES string of the molecule is NS(=O)(=O)c1cc([N+](=O)[O-])ccc1NCC1CCN(CC(F)(F)F)C1. The Bertz CT molecular complexity index is 754. The summed E-state index contributed by atoms with van der Waals surface area (Å²) < 4.78 is 60.4. The van der Waals surface area contributed by atoms with E-state index in [2.05, 4.69) is 5.32 Å². The van der Waals surface area contributed by atoms with Crippen molar-refractivity contribution in [2.45, 2.75) is 17.5 Å². The molecule has 0 aliphatic carbocycles. The highest BCUT2D eigenvalue weighted by Gasteiger charge is 2.34. The van der Waals surface area contributed by atoms with Gasteiger partial charge in [-0.05, 0) is 24.9 Å². The van der Waals surface area contributed by atoms with Crippen molar-refractivity contribution in [2.75, 3.05) is 31.5 Å². The van der Waals surface area contributed by atoms with Gasteiger partial charge in [-0.2, -0.15) is 13.2 Å². The van der Waals surface area contributed by atoms with Crippen LogP contribution in [0.1, 0.15) is 6.42 Å². The Hall–Kier alpha value is -1.92. The molecule has 1 aliphatic heterocycles. The van der Waals surface area contributed by atoms with Crippen LogP contribution >= 0.6 is 0 Å². The van der Waals surface area contributed by atoms with E-state index in [1.807, 2.05) is 0 Å². The number of nitro groups is 1. The van der Waals surface area contributed by atoms with Crippen molar-refractivity contribution >= 4 is 21.4 Å². The molecule has 1 heterocycles. The van der Waals surface area contributed by atoms with E-state index in [0.717, 1.165) is 12.1 Å². The normalized spacial score (nSPS) is 19.1. The number of alkyl halides is 3. The van der Waals surface area contributed by atoms with Crippen molar-refractivity contribution in [1.29, 1.82) is 0 Å². The van der Waals surface area contributed by atoms with Crippen LogP contribution in [0.15, 0.2) is 23.1 Å². The first kappa shape index (κ1) is 19.4. The predicted octanol–water partition coefficient (Wildman–Crippen LogP) is 1.54. The minimum absolute atomic E-state index is 0.0855. The fourth-order valence-corrected chi connectivity index (χ4v) is 3.47. The van der Waals surface area contributed by atoms with Gasteiger partial charge in [-0.1, -0.05) is 0 Å². The third-order valence-corrected chi connectivity index (χ3v) is 4.79. The molecular formula is C13H17F3N4O4S. The highest BCUT2D eigenvalue weighted by Crippen LogP contribution is 2.27. The molecule has 12 heteroatoms. The van der Waals surface area contributed by atoms with Gasteiger partial charge in [-0.3, -0.25) is 15.0 Å². The van der Waals surface area contributed by atoms with Crippen LogP contribution in [0.3, 0.4) is 0 Å².